The average molecular weight is 367 g/mol. The van der Waals surface area contributed by atoms with Gasteiger partial charge in [0.25, 0.3) is 0 Å². The van der Waals surface area contributed by atoms with Crippen LogP contribution in [0.3, 0.4) is 0 Å². The fourth-order valence-corrected chi connectivity index (χ4v) is 3.63. The first-order valence-electron chi connectivity index (χ1n) is 9.35. The van der Waals surface area contributed by atoms with Gasteiger partial charge < -0.3 is 10.1 Å². The largest absolute Gasteiger partial charge is 0.381 e. The monoisotopic (exact) mass is 367 g/mol. The van der Waals surface area contributed by atoms with Crippen LogP contribution >= 0.6 is 0 Å². The number of nitrogens with one attached hydrogen (secondary N) is 1. The molecule has 3 nitrogen and oxygen atoms in total. The van der Waals surface area contributed by atoms with Crippen molar-refractivity contribution >= 4 is 12.0 Å². The van der Waals surface area contributed by atoms with Gasteiger partial charge in [0.2, 0.25) is 5.91 Å². The Morgan fingerprint density at radius 3 is 2.52 bits per heavy atom. The number of halogens is 1. The molecule has 1 N–H and O–H groups in total. The standard InChI is InChI=1S/C23H26FNO2/c1-17-3-4-19(18(2)15-17)5-10-22(26)25-16-23(11-13-27-14-12-23)20-6-8-21(24)9-7-20/h3-10,15H,11-14,16H2,1-2H3,(H,25,26). The molecule has 0 saturated carbocycles. The molecule has 0 unspecified atom stereocenters. The van der Waals surface area contributed by atoms with Gasteiger partial charge >= 0.3 is 0 Å². The van der Waals surface area contributed by atoms with E-state index in [1.165, 1.54) is 17.7 Å². The summed E-state index contributed by atoms with van der Waals surface area (Å²) in [6.45, 7) is 5.89. The molecular weight excluding hydrogens is 341 g/mol. The summed E-state index contributed by atoms with van der Waals surface area (Å²) in [5, 5.41) is 3.03. The highest BCUT2D eigenvalue weighted by atomic mass is 19.1. The predicted molar refractivity (Wildman–Crippen MR) is 106 cm³/mol. The Hall–Kier alpha value is -2.46. The predicted octanol–water partition coefficient (Wildman–Crippen LogP) is 4.32. The molecule has 0 radical (unpaired) electrons. The normalized spacial score (nSPS) is 16.4. The van der Waals surface area contributed by atoms with Crippen LogP contribution in [0.25, 0.3) is 6.08 Å². The number of ether oxygens (including phenoxy) is 1. The van der Waals surface area contributed by atoms with Crippen LogP contribution in [-0.2, 0) is 14.9 Å². The first kappa shape index (κ1) is 19.3. The Morgan fingerprint density at radius 2 is 1.85 bits per heavy atom. The number of carbonyl (C=O) groups is 1. The molecule has 142 valence electrons. The molecule has 1 saturated heterocycles. The Kier molecular flexibility index (Phi) is 6.07. The third-order valence-electron chi connectivity index (χ3n) is 5.35. The third-order valence-corrected chi connectivity index (χ3v) is 5.35. The van der Waals surface area contributed by atoms with Gasteiger partial charge in [0.1, 0.15) is 5.82 Å². The van der Waals surface area contributed by atoms with Crippen molar-refractivity contribution in [3.8, 4) is 0 Å². The Labute approximate surface area is 160 Å². The summed E-state index contributed by atoms with van der Waals surface area (Å²) < 4.78 is 18.8. The van der Waals surface area contributed by atoms with E-state index >= 15 is 0 Å². The zero-order valence-electron chi connectivity index (χ0n) is 15.9. The van der Waals surface area contributed by atoms with Crippen molar-refractivity contribution in [1.29, 1.82) is 0 Å². The van der Waals surface area contributed by atoms with E-state index in [9.17, 15) is 9.18 Å². The lowest BCUT2D eigenvalue weighted by Gasteiger charge is -2.37. The highest BCUT2D eigenvalue weighted by Crippen LogP contribution is 2.34. The van der Waals surface area contributed by atoms with Gasteiger partial charge in [-0.1, -0.05) is 35.9 Å². The molecule has 0 bridgehead atoms. The van der Waals surface area contributed by atoms with Crippen molar-refractivity contribution in [3.63, 3.8) is 0 Å². The van der Waals surface area contributed by atoms with Crippen LogP contribution < -0.4 is 5.32 Å². The summed E-state index contributed by atoms with van der Waals surface area (Å²) in [6.07, 6.45) is 5.04. The van der Waals surface area contributed by atoms with E-state index in [1.807, 2.05) is 37.3 Å². The summed E-state index contributed by atoms with van der Waals surface area (Å²) in [4.78, 5) is 12.4. The maximum absolute atomic E-state index is 13.3. The van der Waals surface area contributed by atoms with E-state index in [0.717, 1.165) is 29.5 Å². The van der Waals surface area contributed by atoms with Crippen LogP contribution in [0, 0.1) is 19.7 Å². The summed E-state index contributed by atoms with van der Waals surface area (Å²) >= 11 is 0. The molecule has 2 aromatic rings. The molecule has 2 aromatic carbocycles. The SMILES string of the molecule is Cc1ccc(C=CC(=O)NCC2(c3ccc(F)cc3)CCOCC2)c(C)c1. The van der Waals surface area contributed by atoms with Crippen molar-refractivity contribution in [2.24, 2.45) is 0 Å². The molecule has 0 aromatic heterocycles. The third kappa shape index (κ3) is 4.83. The number of aryl methyl sites for hydroxylation is 2. The van der Waals surface area contributed by atoms with Crippen molar-refractivity contribution in [2.45, 2.75) is 32.1 Å². The molecule has 0 atom stereocenters. The molecule has 4 heteroatoms. The summed E-state index contributed by atoms with van der Waals surface area (Å²) in [5.74, 6) is -0.371. The van der Waals surface area contributed by atoms with Crippen LogP contribution in [-0.4, -0.2) is 25.7 Å². The number of hydrogen-bond donors (Lipinski definition) is 1. The number of hydrogen-bond acceptors (Lipinski definition) is 2. The number of benzene rings is 2. The van der Waals surface area contributed by atoms with Crippen LogP contribution in [0.2, 0.25) is 0 Å². The lowest BCUT2D eigenvalue weighted by molar-refractivity contribution is -0.116. The van der Waals surface area contributed by atoms with Gasteiger partial charge in [-0.2, -0.15) is 0 Å². The minimum Gasteiger partial charge on any atom is -0.381 e. The van der Waals surface area contributed by atoms with Gasteiger partial charge in [0.05, 0.1) is 0 Å². The van der Waals surface area contributed by atoms with E-state index in [-0.39, 0.29) is 17.1 Å². The second-order valence-electron chi connectivity index (χ2n) is 7.31. The molecule has 1 aliphatic heterocycles. The van der Waals surface area contributed by atoms with Crippen molar-refractivity contribution < 1.29 is 13.9 Å². The molecule has 1 amide bonds. The first-order chi connectivity index (χ1) is 13.0. The van der Waals surface area contributed by atoms with Gasteiger partial charge in [-0.15, -0.1) is 0 Å². The van der Waals surface area contributed by atoms with E-state index in [1.54, 1.807) is 6.08 Å². The van der Waals surface area contributed by atoms with Gasteiger partial charge in [-0.25, -0.2) is 4.39 Å². The minimum atomic E-state index is -0.249. The zero-order valence-corrected chi connectivity index (χ0v) is 15.9. The smallest absolute Gasteiger partial charge is 0.244 e. The van der Waals surface area contributed by atoms with E-state index in [2.05, 4.69) is 18.3 Å². The molecular formula is C23H26FNO2. The summed E-state index contributed by atoms with van der Waals surface area (Å²) in [5.41, 5.74) is 4.22. The van der Waals surface area contributed by atoms with E-state index in [0.29, 0.717) is 19.8 Å². The van der Waals surface area contributed by atoms with Gasteiger partial charge in [-0.3, -0.25) is 4.79 Å². The fourth-order valence-electron chi connectivity index (χ4n) is 3.63. The summed E-state index contributed by atoms with van der Waals surface area (Å²) in [7, 11) is 0. The van der Waals surface area contributed by atoms with Crippen LogP contribution in [0.15, 0.2) is 48.5 Å². The number of carbonyl (C=O) groups excluding carboxylic acids is 1. The molecule has 1 aliphatic rings. The minimum absolute atomic E-state index is 0.122. The van der Waals surface area contributed by atoms with Crippen LogP contribution in [0.1, 0.15) is 35.1 Å². The zero-order chi connectivity index (χ0) is 19.3. The second-order valence-corrected chi connectivity index (χ2v) is 7.31. The highest BCUT2D eigenvalue weighted by molar-refractivity contribution is 5.92. The van der Waals surface area contributed by atoms with Crippen LogP contribution in [0.4, 0.5) is 4.39 Å². The lowest BCUT2D eigenvalue weighted by Crippen LogP contribution is -2.44. The molecule has 0 spiro atoms. The molecule has 1 heterocycles. The van der Waals surface area contributed by atoms with Gasteiger partial charge in [-0.05, 0) is 61.6 Å². The average Bonchev–Trinajstić information content (AvgIpc) is 2.67. The number of amides is 1. The van der Waals surface area contributed by atoms with Crippen molar-refractivity contribution in [3.05, 3.63) is 76.6 Å². The van der Waals surface area contributed by atoms with Gasteiger partial charge in [0.15, 0.2) is 0 Å². The highest BCUT2D eigenvalue weighted by Gasteiger charge is 2.34. The lowest BCUT2D eigenvalue weighted by atomic mass is 9.74. The first-order valence-corrected chi connectivity index (χ1v) is 9.35. The van der Waals surface area contributed by atoms with Crippen molar-refractivity contribution in [1.82, 2.24) is 5.32 Å². The molecule has 0 aliphatic carbocycles. The maximum atomic E-state index is 13.3. The Bertz CT molecular complexity index is 821. The molecule has 1 fully saturated rings. The quantitative estimate of drug-likeness (QED) is 0.799. The number of rotatable bonds is 5. The van der Waals surface area contributed by atoms with E-state index in [4.69, 9.17) is 4.74 Å². The Balaban J connectivity index is 1.69. The molecule has 27 heavy (non-hydrogen) atoms. The van der Waals surface area contributed by atoms with Crippen LogP contribution in [0.5, 0.6) is 0 Å². The topological polar surface area (TPSA) is 38.3 Å². The summed E-state index contributed by atoms with van der Waals surface area (Å²) in [6, 6.07) is 12.8. The Morgan fingerprint density at radius 1 is 1.15 bits per heavy atom. The molecule has 3 rings (SSSR count). The second kappa shape index (κ2) is 8.49. The van der Waals surface area contributed by atoms with Gasteiger partial charge in [0, 0.05) is 31.2 Å². The van der Waals surface area contributed by atoms with Crippen molar-refractivity contribution in [2.75, 3.05) is 19.8 Å². The van der Waals surface area contributed by atoms with E-state index < -0.39 is 0 Å². The maximum Gasteiger partial charge on any atom is 0.244 e. The fraction of sp³-hybridized carbons (Fsp3) is 0.348.